The second kappa shape index (κ2) is 3.64. The lowest BCUT2D eigenvalue weighted by atomic mass is 9.90. The second-order valence-electron chi connectivity index (χ2n) is 4.30. The summed E-state index contributed by atoms with van der Waals surface area (Å²) in [6.45, 7) is 4.61. The molecule has 0 aromatic carbocycles. The van der Waals surface area contributed by atoms with Gasteiger partial charge in [0.1, 0.15) is 0 Å². The fourth-order valence-corrected chi connectivity index (χ4v) is 1.69. The number of carbonyl (C=O) groups excluding carboxylic acids is 1. The minimum Gasteiger partial charge on any atom is -0.376 e. The average molecular weight is 186 g/mol. The summed E-state index contributed by atoms with van der Waals surface area (Å²) >= 11 is 0. The number of nitrogens with two attached hydrogens (primary N) is 2. The van der Waals surface area contributed by atoms with Crippen molar-refractivity contribution in [3.63, 3.8) is 0 Å². The summed E-state index contributed by atoms with van der Waals surface area (Å²) in [5, 5.41) is 0. The van der Waals surface area contributed by atoms with Gasteiger partial charge in [-0.3, -0.25) is 4.79 Å². The molecule has 4 nitrogen and oxygen atoms in total. The Labute approximate surface area is 78.6 Å². The van der Waals surface area contributed by atoms with Crippen molar-refractivity contribution in [2.45, 2.75) is 38.3 Å². The summed E-state index contributed by atoms with van der Waals surface area (Å²) in [6, 6.07) is 0. The zero-order valence-corrected chi connectivity index (χ0v) is 8.25. The highest BCUT2D eigenvalue weighted by atomic mass is 16.5. The van der Waals surface area contributed by atoms with E-state index in [1.807, 2.05) is 0 Å². The topological polar surface area (TPSA) is 78.3 Å². The van der Waals surface area contributed by atoms with Gasteiger partial charge in [0.25, 0.3) is 0 Å². The van der Waals surface area contributed by atoms with E-state index in [9.17, 15) is 4.79 Å². The lowest BCUT2D eigenvalue weighted by molar-refractivity contribution is -0.119. The van der Waals surface area contributed by atoms with Gasteiger partial charge in [0.2, 0.25) is 5.91 Å². The van der Waals surface area contributed by atoms with Gasteiger partial charge in [-0.25, -0.2) is 0 Å². The van der Waals surface area contributed by atoms with Crippen molar-refractivity contribution in [1.82, 2.24) is 0 Å². The number of hydrogen-bond donors (Lipinski definition) is 2. The first-order valence-electron chi connectivity index (χ1n) is 4.62. The molecule has 2 unspecified atom stereocenters. The van der Waals surface area contributed by atoms with E-state index in [0.29, 0.717) is 12.5 Å². The standard InChI is InChI=1S/C9H18N2O2/c1-6(2)7-3-9(11,5-13-7)4-8(10)12/h6-7H,3-5,11H2,1-2H3,(H2,10,12). The van der Waals surface area contributed by atoms with E-state index >= 15 is 0 Å². The van der Waals surface area contributed by atoms with Gasteiger partial charge in [-0.1, -0.05) is 13.8 Å². The summed E-state index contributed by atoms with van der Waals surface area (Å²) in [7, 11) is 0. The number of rotatable bonds is 3. The van der Waals surface area contributed by atoms with E-state index in [0.717, 1.165) is 6.42 Å². The van der Waals surface area contributed by atoms with Crippen molar-refractivity contribution in [2.75, 3.05) is 6.61 Å². The molecule has 1 rings (SSSR count). The predicted molar refractivity (Wildman–Crippen MR) is 49.9 cm³/mol. The third-order valence-corrected chi connectivity index (χ3v) is 2.46. The molecule has 1 aliphatic heterocycles. The van der Waals surface area contributed by atoms with E-state index in [-0.39, 0.29) is 18.4 Å². The third-order valence-electron chi connectivity index (χ3n) is 2.46. The lowest BCUT2D eigenvalue weighted by Crippen LogP contribution is -2.44. The van der Waals surface area contributed by atoms with Crippen LogP contribution >= 0.6 is 0 Å². The minimum atomic E-state index is -0.527. The molecule has 13 heavy (non-hydrogen) atoms. The monoisotopic (exact) mass is 186 g/mol. The molecule has 1 fully saturated rings. The van der Waals surface area contributed by atoms with Crippen molar-refractivity contribution in [3.05, 3.63) is 0 Å². The lowest BCUT2D eigenvalue weighted by Gasteiger charge is -2.20. The van der Waals surface area contributed by atoms with E-state index in [1.165, 1.54) is 0 Å². The summed E-state index contributed by atoms with van der Waals surface area (Å²) in [4.78, 5) is 10.7. The smallest absolute Gasteiger partial charge is 0.219 e. The minimum absolute atomic E-state index is 0.171. The molecule has 4 heteroatoms. The Morgan fingerprint density at radius 2 is 2.31 bits per heavy atom. The van der Waals surface area contributed by atoms with Crippen LogP contribution in [0.5, 0.6) is 0 Å². The Morgan fingerprint density at radius 3 is 2.69 bits per heavy atom. The van der Waals surface area contributed by atoms with Crippen molar-refractivity contribution >= 4 is 5.91 Å². The van der Waals surface area contributed by atoms with Gasteiger partial charge < -0.3 is 16.2 Å². The number of amides is 1. The summed E-state index contributed by atoms with van der Waals surface area (Å²) in [6.07, 6.45) is 1.12. The van der Waals surface area contributed by atoms with E-state index in [1.54, 1.807) is 0 Å². The van der Waals surface area contributed by atoms with Gasteiger partial charge in [0, 0.05) is 6.42 Å². The molecule has 0 aromatic rings. The number of hydrogen-bond acceptors (Lipinski definition) is 3. The highest BCUT2D eigenvalue weighted by Gasteiger charge is 2.38. The summed E-state index contributed by atoms with van der Waals surface area (Å²) in [5.74, 6) is 0.0915. The highest BCUT2D eigenvalue weighted by molar-refractivity contribution is 5.75. The van der Waals surface area contributed by atoms with Crippen LogP contribution in [0, 0.1) is 5.92 Å². The molecule has 0 spiro atoms. The van der Waals surface area contributed by atoms with Gasteiger partial charge in [0.15, 0.2) is 0 Å². The largest absolute Gasteiger partial charge is 0.376 e. The van der Waals surface area contributed by atoms with E-state index in [4.69, 9.17) is 16.2 Å². The third kappa shape index (κ3) is 2.67. The molecule has 0 aliphatic carbocycles. The molecule has 0 bridgehead atoms. The fraction of sp³-hybridized carbons (Fsp3) is 0.889. The van der Waals surface area contributed by atoms with Crippen molar-refractivity contribution in [3.8, 4) is 0 Å². The maximum atomic E-state index is 10.7. The van der Waals surface area contributed by atoms with Gasteiger partial charge >= 0.3 is 0 Å². The zero-order chi connectivity index (χ0) is 10.1. The molecule has 2 atom stereocenters. The normalized spacial score (nSPS) is 34.0. The molecule has 76 valence electrons. The van der Waals surface area contributed by atoms with Crippen LogP contribution in [0.3, 0.4) is 0 Å². The van der Waals surface area contributed by atoms with Crippen LogP contribution in [-0.4, -0.2) is 24.2 Å². The van der Waals surface area contributed by atoms with Gasteiger partial charge in [0.05, 0.1) is 18.2 Å². The first kappa shape index (κ1) is 10.5. The Morgan fingerprint density at radius 1 is 1.69 bits per heavy atom. The van der Waals surface area contributed by atoms with Crippen LogP contribution in [0.4, 0.5) is 0 Å². The molecule has 0 aromatic heterocycles. The maximum Gasteiger partial charge on any atom is 0.219 e. The predicted octanol–water partition coefficient (Wildman–Crippen LogP) is 0.00420. The van der Waals surface area contributed by atoms with Gasteiger partial charge in [-0.05, 0) is 12.3 Å². The fourth-order valence-electron chi connectivity index (χ4n) is 1.69. The van der Waals surface area contributed by atoms with Crippen LogP contribution in [0.25, 0.3) is 0 Å². The molecule has 4 N–H and O–H groups in total. The Bertz CT molecular complexity index is 206. The molecule has 0 saturated carbocycles. The summed E-state index contributed by atoms with van der Waals surface area (Å²) < 4.78 is 5.50. The number of ether oxygens (including phenoxy) is 1. The molecule has 0 radical (unpaired) electrons. The van der Waals surface area contributed by atoms with Crippen LogP contribution in [0.15, 0.2) is 0 Å². The first-order chi connectivity index (χ1) is 5.93. The maximum absolute atomic E-state index is 10.7. The molecule has 1 aliphatic rings. The molecule has 1 saturated heterocycles. The summed E-state index contributed by atoms with van der Waals surface area (Å²) in [5.41, 5.74) is 10.5. The first-order valence-corrected chi connectivity index (χ1v) is 4.62. The van der Waals surface area contributed by atoms with Crippen LogP contribution in [0.2, 0.25) is 0 Å². The molecular formula is C9H18N2O2. The molecular weight excluding hydrogens is 168 g/mol. The van der Waals surface area contributed by atoms with Crippen LogP contribution in [0.1, 0.15) is 26.7 Å². The van der Waals surface area contributed by atoms with Gasteiger partial charge in [-0.15, -0.1) is 0 Å². The Hall–Kier alpha value is -0.610. The molecule has 1 amide bonds. The second-order valence-corrected chi connectivity index (χ2v) is 4.30. The van der Waals surface area contributed by atoms with Crippen LogP contribution < -0.4 is 11.5 Å². The average Bonchev–Trinajstić information content (AvgIpc) is 2.29. The van der Waals surface area contributed by atoms with Crippen molar-refractivity contribution < 1.29 is 9.53 Å². The Kier molecular flexibility index (Phi) is 2.93. The number of primary amides is 1. The van der Waals surface area contributed by atoms with Gasteiger partial charge in [-0.2, -0.15) is 0 Å². The highest BCUT2D eigenvalue weighted by Crippen LogP contribution is 2.28. The van der Waals surface area contributed by atoms with Crippen molar-refractivity contribution in [1.29, 1.82) is 0 Å². The van der Waals surface area contributed by atoms with E-state index in [2.05, 4.69) is 13.8 Å². The Balaban J connectivity index is 2.51. The molecule has 1 heterocycles. The number of carbonyl (C=O) groups is 1. The van der Waals surface area contributed by atoms with Crippen molar-refractivity contribution in [2.24, 2.45) is 17.4 Å². The van der Waals surface area contributed by atoms with E-state index < -0.39 is 5.54 Å². The zero-order valence-electron chi connectivity index (χ0n) is 8.25. The SMILES string of the molecule is CC(C)C1CC(N)(CC(N)=O)CO1. The van der Waals surface area contributed by atoms with Crippen LogP contribution in [-0.2, 0) is 9.53 Å². The quantitative estimate of drug-likeness (QED) is 0.651.